The molecule has 0 rings (SSSR count). The molecule has 0 aromatic heterocycles. The van der Waals surface area contributed by atoms with E-state index in [1.807, 2.05) is 6.92 Å². The SMILES string of the molecule is CC[C@@H](C)C(=O)N[C@H](C(=O)O)C(C)C. The molecule has 0 radical (unpaired) electrons. The molecule has 4 heteroatoms. The lowest BCUT2D eigenvalue weighted by molar-refractivity contribution is -0.143. The van der Waals surface area contributed by atoms with Crippen LogP contribution in [0, 0.1) is 11.8 Å². The zero-order chi connectivity index (χ0) is 11.3. The molecule has 0 bridgehead atoms. The van der Waals surface area contributed by atoms with Crippen LogP contribution in [0.4, 0.5) is 0 Å². The second kappa shape index (κ2) is 5.62. The molecule has 4 nitrogen and oxygen atoms in total. The molecule has 0 heterocycles. The van der Waals surface area contributed by atoms with Crippen LogP contribution in [-0.2, 0) is 9.59 Å². The van der Waals surface area contributed by atoms with Gasteiger partial charge in [-0.3, -0.25) is 4.79 Å². The van der Waals surface area contributed by atoms with E-state index in [1.165, 1.54) is 0 Å². The first kappa shape index (κ1) is 12.9. The number of rotatable bonds is 5. The molecule has 2 N–H and O–H groups in total. The number of carboxylic acid groups (broad SMARTS) is 1. The van der Waals surface area contributed by atoms with Crippen LogP contribution in [0.25, 0.3) is 0 Å². The van der Waals surface area contributed by atoms with Crippen molar-refractivity contribution in [3.8, 4) is 0 Å². The highest BCUT2D eigenvalue weighted by atomic mass is 16.4. The maximum Gasteiger partial charge on any atom is 0.326 e. The van der Waals surface area contributed by atoms with E-state index in [2.05, 4.69) is 5.32 Å². The van der Waals surface area contributed by atoms with Gasteiger partial charge in [0.1, 0.15) is 6.04 Å². The summed E-state index contributed by atoms with van der Waals surface area (Å²) in [6.07, 6.45) is 0.719. The lowest BCUT2D eigenvalue weighted by Gasteiger charge is -2.19. The van der Waals surface area contributed by atoms with E-state index >= 15 is 0 Å². The van der Waals surface area contributed by atoms with Crippen LogP contribution < -0.4 is 5.32 Å². The highest BCUT2D eigenvalue weighted by molar-refractivity contribution is 5.84. The molecule has 0 aromatic rings. The first-order valence-electron chi connectivity index (χ1n) is 4.93. The van der Waals surface area contributed by atoms with E-state index in [9.17, 15) is 9.59 Å². The summed E-state index contributed by atoms with van der Waals surface area (Å²) >= 11 is 0. The van der Waals surface area contributed by atoms with Gasteiger partial charge < -0.3 is 10.4 Å². The molecular weight excluding hydrogens is 182 g/mol. The van der Waals surface area contributed by atoms with Crippen LogP contribution >= 0.6 is 0 Å². The Morgan fingerprint density at radius 3 is 2.07 bits per heavy atom. The lowest BCUT2D eigenvalue weighted by Crippen LogP contribution is -2.46. The molecule has 0 fully saturated rings. The average Bonchev–Trinajstić information content (AvgIpc) is 2.11. The van der Waals surface area contributed by atoms with Crippen molar-refractivity contribution in [2.75, 3.05) is 0 Å². The van der Waals surface area contributed by atoms with E-state index in [1.54, 1.807) is 20.8 Å². The average molecular weight is 201 g/mol. The van der Waals surface area contributed by atoms with E-state index in [4.69, 9.17) is 5.11 Å². The predicted molar refractivity (Wildman–Crippen MR) is 53.9 cm³/mol. The van der Waals surface area contributed by atoms with Crippen LogP contribution in [-0.4, -0.2) is 23.0 Å². The van der Waals surface area contributed by atoms with E-state index in [-0.39, 0.29) is 17.7 Å². The van der Waals surface area contributed by atoms with Gasteiger partial charge in [-0.15, -0.1) is 0 Å². The highest BCUT2D eigenvalue weighted by Crippen LogP contribution is 2.05. The normalized spacial score (nSPS) is 14.9. The third-order valence-corrected chi connectivity index (χ3v) is 2.29. The van der Waals surface area contributed by atoms with E-state index < -0.39 is 12.0 Å². The van der Waals surface area contributed by atoms with Gasteiger partial charge in [0.25, 0.3) is 0 Å². The third kappa shape index (κ3) is 3.77. The summed E-state index contributed by atoms with van der Waals surface area (Å²) in [7, 11) is 0. The van der Waals surface area contributed by atoms with Crippen molar-refractivity contribution < 1.29 is 14.7 Å². The van der Waals surface area contributed by atoms with Crippen molar-refractivity contribution in [3.05, 3.63) is 0 Å². The van der Waals surface area contributed by atoms with Gasteiger partial charge >= 0.3 is 5.97 Å². The first-order valence-corrected chi connectivity index (χ1v) is 4.93. The molecule has 0 aliphatic carbocycles. The molecule has 0 aromatic carbocycles. The van der Waals surface area contributed by atoms with E-state index in [0.29, 0.717) is 0 Å². The van der Waals surface area contributed by atoms with Crippen LogP contribution in [0.15, 0.2) is 0 Å². The van der Waals surface area contributed by atoms with Gasteiger partial charge in [0, 0.05) is 5.92 Å². The summed E-state index contributed by atoms with van der Waals surface area (Å²) in [5, 5.41) is 11.4. The van der Waals surface area contributed by atoms with Crippen molar-refractivity contribution in [1.29, 1.82) is 0 Å². The Morgan fingerprint density at radius 2 is 1.79 bits per heavy atom. The van der Waals surface area contributed by atoms with Crippen molar-refractivity contribution in [3.63, 3.8) is 0 Å². The summed E-state index contributed by atoms with van der Waals surface area (Å²) in [5.74, 6) is -1.39. The molecule has 14 heavy (non-hydrogen) atoms. The van der Waals surface area contributed by atoms with Gasteiger partial charge in [-0.05, 0) is 12.3 Å². The fourth-order valence-electron chi connectivity index (χ4n) is 0.994. The Balaban J connectivity index is 4.31. The summed E-state index contributed by atoms with van der Waals surface area (Å²) in [4.78, 5) is 22.2. The fraction of sp³-hybridized carbons (Fsp3) is 0.800. The number of nitrogens with one attached hydrogen (secondary N) is 1. The maximum absolute atomic E-state index is 11.4. The van der Waals surface area contributed by atoms with Gasteiger partial charge in [-0.25, -0.2) is 4.79 Å². The second-order valence-corrected chi connectivity index (χ2v) is 3.88. The van der Waals surface area contributed by atoms with Crippen molar-refractivity contribution in [2.45, 2.75) is 40.2 Å². The Kier molecular flexibility index (Phi) is 5.20. The van der Waals surface area contributed by atoms with Gasteiger partial charge in [0.05, 0.1) is 0 Å². The largest absolute Gasteiger partial charge is 0.480 e. The number of hydrogen-bond donors (Lipinski definition) is 2. The predicted octanol–water partition coefficient (Wildman–Crippen LogP) is 1.26. The van der Waals surface area contributed by atoms with Gasteiger partial charge in [-0.2, -0.15) is 0 Å². The Morgan fingerprint density at radius 1 is 1.29 bits per heavy atom. The van der Waals surface area contributed by atoms with Gasteiger partial charge in [0.15, 0.2) is 0 Å². The summed E-state index contributed by atoms with van der Waals surface area (Å²) in [6, 6.07) is -0.781. The number of hydrogen-bond acceptors (Lipinski definition) is 2. The Bertz CT molecular complexity index is 213. The molecule has 82 valence electrons. The molecule has 1 amide bonds. The summed E-state index contributed by atoms with van der Waals surface area (Å²) in [6.45, 7) is 7.23. The number of carboxylic acids is 1. The maximum atomic E-state index is 11.4. The first-order chi connectivity index (χ1) is 6.40. The Labute approximate surface area is 84.7 Å². The lowest BCUT2D eigenvalue weighted by atomic mass is 10.0. The quantitative estimate of drug-likeness (QED) is 0.703. The molecule has 0 spiro atoms. The monoisotopic (exact) mass is 201 g/mol. The van der Waals surface area contributed by atoms with Gasteiger partial charge in [-0.1, -0.05) is 27.7 Å². The molecule has 0 saturated carbocycles. The van der Waals surface area contributed by atoms with E-state index in [0.717, 1.165) is 6.42 Å². The molecule has 0 aliphatic rings. The smallest absolute Gasteiger partial charge is 0.326 e. The van der Waals surface area contributed by atoms with Crippen LogP contribution in [0.5, 0.6) is 0 Å². The topological polar surface area (TPSA) is 66.4 Å². The van der Waals surface area contributed by atoms with Crippen molar-refractivity contribution in [1.82, 2.24) is 5.32 Å². The van der Waals surface area contributed by atoms with Crippen LogP contribution in [0.2, 0.25) is 0 Å². The molecular formula is C10H19NO3. The van der Waals surface area contributed by atoms with Crippen LogP contribution in [0.1, 0.15) is 34.1 Å². The molecule has 0 aliphatic heterocycles. The highest BCUT2D eigenvalue weighted by Gasteiger charge is 2.24. The minimum Gasteiger partial charge on any atom is -0.480 e. The third-order valence-electron chi connectivity index (χ3n) is 2.29. The summed E-state index contributed by atoms with van der Waals surface area (Å²) in [5.41, 5.74) is 0. The minimum absolute atomic E-state index is 0.0968. The number of carbonyl (C=O) groups is 2. The molecule has 0 saturated heterocycles. The number of amides is 1. The minimum atomic E-state index is -0.975. The zero-order valence-corrected chi connectivity index (χ0v) is 9.20. The van der Waals surface area contributed by atoms with Gasteiger partial charge in [0.2, 0.25) is 5.91 Å². The fourth-order valence-corrected chi connectivity index (χ4v) is 0.994. The number of aliphatic carboxylic acids is 1. The Hall–Kier alpha value is -1.06. The standard InChI is InChI=1S/C10H19NO3/c1-5-7(4)9(12)11-8(6(2)3)10(13)14/h6-8H,5H2,1-4H3,(H,11,12)(H,13,14)/t7-,8+/m1/s1. The van der Waals surface area contributed by atoms with Crippen molar-refractivity contribution in [2.24, 2.45) is 11.8 Å². The second-order valence-electron chi connectivity index (χ2n) is 3.88. The molecule has 0 unspecified atom stereocenters. The number of carbonyl (C=O) groups excluding carboxylic acids is 1. The zero-order valence-electron chi connectivity index (χ0n) is 9.20. The summed E-state index contributed by atoms with van der Waals surface area (Å²) < 4.78 is 0. The van der Waals surface area contributed by atoms with Crippen LogP contribution in [0.3, 0.4) is 0 Å². The molecule has 2 atom stereocenters. The van der Waals surface area contributed by atoms with Crippen molar-refractivity contribution >= 4 is 11.9 Å².